The van der Waals surface area contributed by atoms with Crippen LogP contribution < -0.4 is 0 Å². The smallest absolute Gasteiger partial charge is 0.338 e. The minimum atomic E-state index is -1.52. The highest BCUT2D eigenvalue weighted by Gasteiger charge is 2.22. The topological polar surface area (TPSA) is 80.4 Å². The number of hydrogen-bond acceptors (Lipinski definition) is 3. The molecule has 0 amide bonds. The van der Waals surface area contributed by atoms with Gasteiger partial charge in [-0.1, -0.05) is 0 Å². The first-order valence-corrected chi connectivity index (χ1v) is 3.61. The van der Waals surface area contributed by atoms with Crippen molar-refractivity contribution >= 4 is 11.7 Å². The standard InChI is InChI=1S/C8H6FNO4/c1-4-2-5(8(11)12)7(9)6(3-4)10(13)14/h2-3H,1H3,(H,11,12). The highest BCUT2D eigenvalue weighted by molar-refractivity contribution is 5.89. The van der Waals surface area contributed by atoms with Gasteiger partial charge in [-0.05, 0) is 18.6 Å². The lowest BCUT2D eigenvalue weighted by atomic mass is 10.1. The molecule has 0 atom stereocenters. The van der Waals surface area contributed by atoms with Gasteiger partial charge in [0.05, 0.1) is 4.92 Å². The lowest BCUT2D eigenvalue weighted by Gasteiger charge is -2.00. The first-order valence-electron chi connectivity index (χ1n) is 3.61. The summed E-state index contributed by atoms with van der Waals surface area (Å²) in [7, 11) is 0. The first kappa shape index (κ1) is 10.1. The van der Waals surface area contributed by atoms with Crippen LogP contribution in [0.5, 0.6) is 0 Å². The van der Waals surface area contributed by atoms with E-state index in [0.29, 0.717) is 5.56 Å². The van der Waals surface area contributed by atoms with Crippen molar-refractivity contribution in [3.63, 3.8) is 0 Å². The molecule has 1 aromatic carbocycles. The third kappa shape index (κ3) is 1.68. The van der Waals surface area contributed by atoms with Gasteiger partial charge in [0.2, 0.25) is 5.82 Å². The molecule has 1 aromatic rings. The van der Waals surface area contributed by atoms with E-state index in [2.05, 4.69) is 0 Å². The molecule has 0 aliphatic rings. The molecule has 0 aliphatic heterocycles. The second-order valence-electron chi connectivity index (χ2n) is 2.71. The fourth-order valence-corrected chi connectivity index (χ4v) is 1.04. The molecule has 0 bridgehead atoms. The predicted octanol–water partition coefficient (Wildman–Crippen LogP) is 1.74. The molecule has 0 saturated heterocycles. The maximum atomic E-state index is 13.1. The molecule has 0 aliphatic carbocycles. The molecule has 0 radical (unpaired) electrons. The van der Waals surface area contributed by atoms with Crippen molar-refractivity contribution < 1.29 is 19.2 Å². The molecular weight excluding hydrogens is 193 g/mol. The van der Waals surface area contributed by atoms with Crippen LogP contribution in [-0.4, -0.2) is 16.0 Å². The van der Waals surface area contributed by atoms with Crippen molar-refractivity contribution in [1.82, 2.24) is 0 Å². The number of aryl methyl sites for hydroxylation is 1. The molecular formula is C8H6FNO4. The second kappa shape index (κ2) is 3.41. The monoisotopic (exact) mass is 199 g/mol. The van der Waals surface area contributed by atoms with E-state index in [0.717, 1.165) is 12.1 Å². The Kier molecular flexibility index (Phi) is 2.46. The third-order valence-electron chi connectivity index (χ3n) is 1.62. The molecule has 0 saturated carbocycles. The zero-order valence-electron chi connectivity index (χ0n) is 7.15. The number of carboxylic acid groups (broad SMARTS) is 1. The van der Waals surface area contributed by atoms with Crippen LogP contribution in [0.15, 0.2) is 12.1 Å². The normalized spacial score (nSPS) is 9.86. The Bertz CT molecular complexity index is 381. The van der Waals surface area contributed by atoms with Gasteiger partial charge in [0.25, 0.3) is 0 Å². The summed E-state index contributed by atoms with van der Waals surface area (Å²) in [5.74, 6) is -2.83. The predicted molar refractivity (Wildman–Crippen MR) is 44.8 cm³/mol. The number of halogens is 1. The fraction of sp³-hybridized carbons (Fsp3) is 0.125. The van der Waals surface area contributed by atoms with E-state index in [9.17, 15) is 19.3 Å². The molecule has 1 rings (SSSR count). The number of hydrogen-bond donors (Lipinski definition) is 1. The number of benzene rings is 1. The van der Waals surface area contributed by atoms with Crippen LogP contribution >= 0.6 is 0 Å². The summed E-state index contributed by atoms with van der Waals surface area (Å²) in [6.07, 6.45) is 0. The number of aromatic carboxylic acids is 1. The zero-order chi connectivity index (χ0) is 10.9. The van der Waals surface area contributed by atoms with E-state index in [1.54, 1.807) is 0 Å². The molecule has 74 valence electrons. The van der Waals surface area contributed by atoms with Crippen molar-refractivity contribution in [2.75, 3.05) is 0 Å². The maximum absolute atomic E-state index is 13.1. The van der Waals surface area contributed by atoms with Crippen LogP contribution in [0, 0.1) is 22.9 Å². The van der Waals surface area contributed by atoms with E-state index in [4.69, 9.17) is 5.11 Å². The van der Waals surface area contributed by atoms with E-state index in [-0.39, 0.29) is 0 Å². The molecule has 0 aromatic heterocycles. The average molecular weight is 199 g/mol. The van der Waals surface area contributed by atoms with Gasteiger partial charge in [-0.15, -0.1) is 0 Å². The third-order valence-corrected chi connectivity index (χ3v) is 1.62. The summed E-state index contributed by atoms with van der Waals surface area (Å²) >= 11 is 0. The number of nitrogens with zero attached hydrogens (tertiary/aromatic N) is 1. The second-order valence-corrected chi connectivity index (χ2v) is 2.71. The van der Waals surface area contributed by atoms with Crippen LogP contribution in [0.4, 0.5) is 10.1 Å². The van der Waals surface area contributed by atoms with Crippen LogP contribution in [0.2, 0.25) is 0 Å². The number of nitro benzene ring substituents is 1. The Balaban J connectivity index is 3.47. The average Bonchev–Trinajstić information content (AvgIpc) is 2.07. The van der Waals surface area contributed by atoms with Gasteiger partial charge >= 0.3 is 11.7 Å². The minimum Gasteiger partial charge on any atom is -0.478 e. The highest BCUT2D eigenvalue weighted by atomic mass is 19.1. The van der Waals surface area contributed by atoms with Crippen LogP contribution in [0.1, 0.15) is 15.9 Å². The minimum absolute atomic E-state index is 0.329. The quantitative estimate of drug-likeness (QED) is 0.581. The summed E-state index contributed by atoms with van der Waals surface area (Å²) < 4.78 is 13.1. The van der Waals surface area contributed by atoms with Gasteiger partial charge < -0.3 is 5.11 Å². The van der Waals surface area contributed by atoms with Gasteiger partial charge in [-0.3, -0.25) is 10.1 Å². The number of nitro groups is 1. The number of rotatable bonds is 2. The highest BCUT2D eigenvalue weighted by Crippen LogP contribution is 2.22. The van der Waals surface area contributed by atoms with Crippen LogP contribution in [0.25, 0.3) is 0 Å². The molecule has 0 unspecified atom stereocenters. The van der Waals surface area contributed by atoms with E-state index < -0.39 is 28.0 Å². The van der Waals surface area contributed by atoms with Crippen molar-refractivity contribution in [3.8, 4) is 0 Å². The van der Waals surface area contributed by atoms with E-state index in [1.165, 1.54) is 6.92 Å². The van der Waals surface area contributed by atoms with Gasteiger partial charge in [-0.2, -0.15) is 4.39 Å². The molecule has 6 heteroatoms. The van der Waals surface area contributed by atoms with Gasteiger partial charge in [0.1, 0.15) is 5.56 Å². The Morgan fingerprint density at radius 3 is 2.57 bits per heavy atom. The van der Waals surface area contributed by atoms with E-state index in [1.807, 2.05) is 0 Å². The van der Waals surface area contributed by atoms with Crippen LogP contribution in [-0.2, 0) is 0 Å². The number of carbonyl (C=O) groups is 1. The fourth-order valence-electron chi connectivity index (χ4n) is 1.04. The molecule has 0 fully saturated rings. The zero-order valence-corrected chi connectivity index (χ0v) is 7.15. The molecule has 0 spiro atoms. The van der Waals surface area contributed by atoms with Crippen molar-refractivity contribution in [3.05, 3.63) is 39.2 Å². The first-order chi connectivity index (χ1) is 6.43. The Morgan fingerprint density at radius 1 is 1.57 bits per heavy atom. The lowest BCUT2D eigenvalue weighted by molar-refractivity contribution is -0.387. The Morgan fingerprint density at radius 2 is 2.14 bits per heavy atom. The summed E-state index contributed by atoms with van der Waals surface area (Å²) in [5, 5.41) is 18.9. The van der Waals surface area contributed by atoms with Gasteiger partial charge in [0, 0.05) is 6.07 Å². The summed E-state index contributed by atoms with van der Waals surface area (Å²) in [5.41, 5.74) is -1.17. The molecule has 0 heterocycles. The van der Waals surface area contributed by atoms with Gasteiger partial charge in [-0.25, -0.2) is 4.79 Å². The summed E-state index contributed by atoms with van der Waals surface area (Å²) in [4.78, 5) is 19.9. The van der Waals surface area contributed by atoms with E-state index >= 15 is 0 Å². The number of carboxylic acids is 1. The van der Waals surface area contributed by atoms with Gasteiger partial charge in [0.15, 0.2) is 0 Å². The van der Waals surface area contributed by atoms with Crippen molar-refractivity contribution in [1.29, 1.82) is 0 Å². The van der Waals surface area contributed by atoms with Crippen molar-refractivity contribution in [2.24, 2.45) is 0 Å². The Hall–Kier alpha value is -1.98. The maximum Gasteiger partial charge on any atom is 0.338 e. The summed E-state index contributed by atoms with van der Waals surface area (Å²) in [6.45, 7) is 1.46. The van der Waals surface area contributed by atoms with Crippen LogP contribution in [0.3, 0.4) is 0 Å². The molecule has 5 nitrogen and oxygen atoms in total. The SMILES string of the molecule is Cc1cc(C(=O)O)c(F)c([N+](=O)[O-])c1. The molecule has 14 heavy (non-hydrogen) atoms. The lowest BCUT2D eigenvalue weighted by Crippen LogP contribution is -2.04. The summed E-state index contributed by atoms with van der Waals surface area (Å²) in [6, 6.07) is 2.03. The largest absolute Gasteiger partial charge is 0.478 e. The Labute approximate surface area is 77.9 Å². The molecule has 1 N–H and O–H groups in total. The van der Waals surface area contributed by atoms with Crippen molar-refractivity contribution in [2.45, 2.75) is 6.92 Å².